The fourth-order valence-electron chi connectivity index (χ4n) is 2.39. The number of likely N-dealkylation sites (tertiary alicyclic amines) is 1. The molecule has 1 aliphatic rings. The summed E-state index contributed by atoms with van der Waals surface area (Å²) >= 11 is 0. The van der Waals surface area contributed by atoms with Gasteiger partial charge in [0.25, 0.3) is 0 Å². The molecule has 5 nitrogen and oxygen atoms in total. The molecule has 2 amide bonds. The maximum Gasteiger partial charge on any atom is 0.317 e. The van der Waals surface area contributed by atoms with Crippen LogP contribution in [0, 0.1) is 0 Å². The standard InChI is InChI=1S/C13H21N3O2/c1-14-13(17)16(10-12-4-3-9-18-12)11-5-7-15(2)8-6-11/h3-4,9,11H,5-8,10H2,1-2H3,(H,14,17). The van der Waals surface area contributed by atoms with Crippen molar-refractivity contribution in [2.24, 2.45) is 0 Å². The molecule has 0 spiro atoms. The molecule has 1 saturated heterocycles. The second-order valence-electron chi connectivity index (χ2n) is 4.80. The third-order valence-electron chi connectivity index (χ3n) is 3.51. The average Bonchev–Trinajstić information content (AvgIpc) is 2.89. The molecule has 0 aliphatic carbocycles. The molecule has 0 radical (unpaired) electrons. The molecule has 0 bridgehead atoms. The van der Waals surface area contributed by atoms with Crippen LogP contribution < -0.4 is 5.32 Å². The van der Waals surface area contributed by atoms with Crippen LogP contribution in [0.15, 0.2) is 22.8 Å². The quantitative estimate of drug-likeness (QED) is 0.886. The Hall–Kier alpha value is -1.49. The lowest BCUT2D eigenvalue weighted by molar-refractivity contribution is 0.123. The van der Waals surface area contributed by atoms with E-state index in [4.69, 9.17) is 4.42 Å². The summed E-state index contributed by atoms with van der Waals surface area (Å²) < 4.78 is 5.34. The lowest BCUT2D eigenvalue weighted by Crippen LogP contribution is -2.49. The van der Waals surface area contributed by atoms with Crippen molar-refractivity contribution < 1.29 is 9.21 Å². The molecule has 0 saturated carbocycles. The van der Waals surface area contributed by atoms with Crippen molar-refractivity contribution in [3.8, 4) is 0 Å². The first-order valence-electron chi connectivity index (χ1n) is 6.40. The fourth-order valence-corrected chi connectivity index (χ4v) is 2.39. The van der Waals surface area contributed by atoms with Gasteiger partial charge in [-0.15, -0.1) is 0 Å². The van der Waals surface area contributed by atoms with E-state index in [2.05, 4.69) is 17.3 Å². The van der Waals surface area contributed by atoms with Crippen LogP contribution in [0.25, 0.3) is 0 Å². The molecule has 1 aromatic heterocycles. The van der Waals surface area contributed by atoms with E-state index < -0.39 is 0 Å². The zero-order valence-electron chi connectivity index (χ0n) is 11.1. The molecule has 2 rings (SSSR count). The van der Waals surface area contributed by atoms with Crippen molar-refractivity contribution >= 4 is 6.03 Å². The number of carbonyl (C=O) groups is 1. The highest BCUT2D eigenvalue weighted by Gasteiger charge is 2.27. The van der Waals surface area contributed by atoms with Gasteiger partial charge >= 0.3 is 6.03 Å². The molecular formula is C13H21N3O2. The number of nitrogens with zero attached hydrogens (tertiary/aromatic N) is 2. The molecule has 2 heterocycles. The molecule has 1 fully saturated rings. The summed E-state index contributed by atoms with van der Waals surface area (Å²) in [6, 6.07) is 4.03. The van der Waals surface area contributed by atoms with E-state index in [0.29, 0.717) is 12.6 Å². The maximum absolute atomic E-state index is 12.0. The number of rotatable bonds is 3. The molecule has 1 aromatic rings. The van der Waals surface area contributed by atoms with Crippen molar-refractivity contribution in [2.45, 2.75) is 25.4 Å². The Balaban J connectivity index is 2.03. The van der Waals surface area contributed by atoms with Crippen LogP contribution in [0.2, 0.25) is 0 Å². The third-order valence-corrected chi connectivity index (χ3v) is 3.51. The first-order chi connectivity index (χ1) is 8.70. The molecular weight excluding hydrogens is 230 g/mol. The van der Waals surface area contributed by atoms with Crippen LogP contribution >= 0.6 is 0 Å². The van der Waals surface area contributed by atoms with Crippen molar-refractivity contribution in [3.63, 3.8) is 0 Å². The Morgan fingerprint density at radius 3 is 2.83 bits per heavy atom. The van der Waals surface area contributed by atoms with Crippen LogP contribution in [-0.2, 0) is 6.54 Å². The van der Waals surface area contributed by atoms with Crippen LogP contribution in [-0.4, -0.2) is 49.1 Å². The molecule has 5 heteroatoms. The molecule has 100 valence electrons. The lowest BCUT2D eigenvalue weighted by Gasteiger charge is -2.36. The van der Waals surface area contributed by atoms with E-state index in [9.17, 15) is 4.79 Å². The number of carbonyl (C=O) groups excluding carboxylic acids is 1. The minimum atomic E-state index is -0.0269. The van der Waals surface area contributed by atoms with Gasteiger partial charge in [-0.1, -0.05) is 0 Å². The van der Waals surface area contributed by atoms with Gasteiger partial charge in [0.15, 0.2) is 0 Å². The number of hydrogen-bond donors (Lipinski definition) is 1. The van der Waals surface area contributed by atoms with Gasteiger partial charge < -0.3 is 19.5 Å². The smallest absolute Gasteiger partial charge is 0.317 e. The predicted octanol–water partition coefficient (Wildman–Crippen LogP) is 1.52. The number of amides is 2. The highest BCUT2D eigenvalue weighted by molar-refractivity contribution is 5.74. The highest BCUT2D eigenvalue weighted by atomic mass is 16.3. The first kappa shape index (κ1) is 13.0. The monoisotopic (exact) mass is 251 g/mol. The van der Waals surface area contributed by atoms with Gasteiger partial charge in [-0.25, -0.2) is 4.79 Å². The summed E-state index contributed by atoms with van der Waals surface area (Å²) in [5, 5.41) is 2.72. The minimum absolute atomic E-state index is 0.0269. The summed E-state index contributed by atoms with van der Waals surface area (Å²) in [5.41, 5.74) is 0. The molecule has 1 N–H and O–H groups in total. The van der Waals surface area contributed by atoms with E-state index in [-0.39, 0.29) is 6.03 Å². The Morgan fingerprint density at radius 1 is 1.56 bits per heavy atom. The van der Waals surface area contributed by atoms with E-state index >= 15 is 0 Å². The Bertz CT molecular complexity index is 370. The number of furan rings is 1. The van der Waals surface area contributed by atoms with Gasteiger partial charge in [0.05, 0.1) is 12.8 Å². The van der Waals surface area contributed by atoms with Crippen LogP contribution in [0.5, 0.6) is 0 Å². The Morgan fingerprint density at radius 2 is 2.28 bits per heavy atom. The van der Waals surface area contributed by atoms with Gasteiger partial charge in [-0.2, -0.15) is 0 Å². The Kier molecular flexibility index (Phi) is 4.25. The number of piperidine rings is 1. The predicted molar refractivity (Wildman–Crippen MR) is 69.2 cm³/mol. The van der Waals surface area contributed by atoms with Gasteiger partial charge in [0.1, 0.15) is 5.76 Å². The first-order valence-corrected chi connectivity index (χ1v) is 6.40. The molecule has 0 unspecified atom stereocenters. The second-order valence-corrected chi connectivity index (χ2v) is 4.80. The highest BCUT2D eigenvalue weighted by Crippen LogP contribution is 2.18. The van der Waals surface area contributed by atoms with Crippen molar-refractivity contribution in [3.05, 3.63) is 24.2 Å². The van der Waals surface area contributed by atoms with E-state index in [1.807, 2.05) is 17.0 Å². The SMILES string of the molecule is CNC(=O)N(Cc1ccco1)C1CCN(C)CC1. The normalized spacial score (nSPS) is 17.7. The van der Waals surface area contributed by atoms with E-state index in [0.717, 1.165) is 31.7 Å². The zero-order chi connectivity index (χ0) is 13.0. The summed E-state index contributed by atoms with van der Waals surface area (Å²) in [6.45, 7) is 2.62. The van der Waals surface area contributed by atoms with Crippen LogP contribution in [0.1, 0.15) is 18.6 Å². The second kappa shape index (κ2) is 5.91. The fraction of sp³-hybridized carbons (Fsp3) is 0.615. The molecule has 1 aliphatic heterocycles. The van der Waals surface area contributed by atoms with E-state index in [1.165, 1.54) is 0 Å². The molecule has 0 atom stereocenters. The zero-order valence-corrected chi connectivity index (χ0v) is 11.1. The molecule has 0 aromatic carbocycles. The van der Waals surface area contributed by atoms with Crippen LogP contribution in [0.3, 0.4) is 0 Å². The topological polar surface area (TPSA) is 48.7 Å². The largest absolute Gasteiger partial charge is 0.467 e. The summed E-state index contributed by atoms with van der Waals surface area (Å²) in [6.07, 6.45) is 3.68. The summed E-state index contributed by atoms with van der Waals surface area (Å²) in [5.74, 6) is 0.831. The van der Waals surface area contributed by atoms with Gasteiger partial charge in [0.2, 0.25) is 0 Å². The van der Waals surface area contributed by atoms with Crippen molar-refractivity contribution in [2.75, 3.05) is 27.2 Å². The van der Waals surface area contributed by atoms with Gasteiger partial charge in [0, 0.05) is 13.1 Å². The minimum Gasteiger partial charge on any atom is -0.467 e. The lowest BCUT2D eigenvalue weighted by atomic mass is 10.0. The van der Waals surface area contributed by atoms with Crippen LogP contribution in [0.4, 0.5) is 4.79 Å². The number of urea groups is 1. The maximum atomic E-state index is 12.0. The van der Waals surface area contributed by atoms with Crippen molar-refractivity contribution in [1.82, 2.24) is 15.1 Å². The summed E-state index contributed by atoms with van der Waals surface area (Å²) in [7, 11) is 3.79. The molecule has 18 heavy (non-hydrogen) atoms. The van der Waals surface area contributed by atoms with Crippen molar-refractivity contribution in [1.29, 1.82) is 0 Å². The summed E-state index contributed by atoms with van der Waals surface area (Å²) in [4.78, 5) is 16.2. The van der Waals surface area contributed by atoms with E-state index in [1.54, 1.807) is 13.3 Å². The van der Waals surface area contributed by atoms with Gasteiger partial charge in [-0.3, -0.25) is 0 Å². The Labute approximate surface area is 108 Å². The number of nitrogens with one attached hydrogen (secondary N) is 1. The number of hydrogen-bond acceptors (Lipinski definition) is 3. The van der Waals surface area contributed by atoms with Gasteiger partial charge in [-0.05, 0) is 45.1 Å². The average molecular weight is 251 g/mol. The third kappa shape index (κ3) is 3.04.